The van der Waals surface area contributed by atoms with Crippen LogP contribution in [0.2, 0.25) is 0 Å². The zero-order valence-corrected chi connectivity index (χ0v) is 11.8. The van der Waals surface area contributed by atoms with E-state index >= 15 is 0 Å². The van der Waals surface area contributed by atoms with Crippen LogP contribution in [0.3, 0.4) is 0 Å². The van der Waals surface area contributed by atoms with Crippen LogP contribution < -0.4 is 5.73 Å². The van der Waals surface area contributed by atoms with Crippen LogP contribution in [0.15, 0.2) is 18.2 Å². The molecule has 0 aromatic heterocycles. The van der Waals surface area contributed by atoms with Crippen molar-refractivity contribution < 1.29 is 9.85 Å². The topological polar surface area (TPSA) is 116 Å². The van der Waals surface area contributed by atoms with Crippen molar-refractivity contribution >= 4 is 11.4 Å². The number of nitrogens with zero attached hydrogens (tertiary/aromatic N) is 3. The average molecular weight is 294 g/mol. The van der Waals surface area contributed by atoms with E-state index in [9.17, 15) is 20.2 Å². The molecule has 1 aliphatic rings. The first-order valence-electron chi connectivity index (χ1n) is 6.76. The molecule has 2 rings (SSSR count). The van der Waals surface area contributed by atoms with Gasteiger partial charge in [-0.2, -0.15) is 0 Å². The Hall–Kier alpha value is -2.06. The highest BCUT2D eigenvalue weighted by atomic mass is 16.6. The number of nitrogens with two attached hydrogens (primary N) is 1. The molecule has 2 N–H and O–H groups in total. The third kappa shape index (κ3) is 3.53. The van der Waals surface area contributed by atoms with Crippen molar-refractivity contribution in [1.29, 1.82) is 0 Å². The zero-order valence-electron chi connectivity index (χ0n) is 11.8. The molecule has 1 aromatic carbocycles. The van der Waals surface area contributed by atoms with Crippen LogP contribution in [0.1, 0.15) is 18.4 Å². The first-order chi connectivity index (χ1) is 9.93. The molecular weight excluding hydrogens is 276 g/mol. The van der Waals surface area contributed by atoms with E-state index in [1.165, 1.54) is 12.1 Å². The summed E-state index contributed by atoms with van der Waals surface area (Å²) in [5.41, 5.74) is 5.74. The van der Waals surface area contributed by atoms with E-state index in [-0.39, 0.29) is 17.4 Å². The van der Waals surface area contributed by atoms with E-state index in [1.54, 1.807) is 0 Å². The van der Waals surface area contributed by atoms with Gasteiger partial charge in [-0.25, -0.2) is 0 Å². The lowest BCUT2D eigenvalue weighted by Crippen LogP contribution is -2.39. The fraction of sp³-hybridized carbons (Fsp3) is 0.538. The Morgan fingerprint density at radius 3 is 2.48 bits per heavy atom. The van der Waals surface area contributed by atoms with Crippen LogP contribution in [0.5, 0.6) is 0 Å². The molecule has 0 amide bonds. The SMILES string of the molecule is CN(Cc1ccc([N+](=O)[O-])cc1[N+](=O)[O-])C(CN)C1CC1. The quantitative estimate of drug-likeness (QED) is 0.604. The van der Waals surface area contributed by atoms with Crippen molar-refractivity contribution in [3.8, 4) is 0 Å². The number of nitro benzene ring substituents is 2. The van der Waals surface area contributed by atoms with Gasteiger partial charge in [0, 0.05) is 30.8 Å². The second-order valence-electron chi connectivity index (χ2n) is 5.38. The minimum absolute atomic E-state index is 0.194. The Morgan fingerprint density at radius 2 is 2.00 bits per heavy atom. The van der Waals surface area contributed by atoms with E-state index < -0.39 is 9.85 Å². The number of rotatable bonds is 7. The summed E-state index contributed by atoms with van der Waals surface area (Å²) in [6.45, 7) is 0.856. The number of hydrogen-bond acceptors (Lipinski definition) is 6. The third-order valence-corrected chi connectivity index (χ3v) is 3.87. The number of likely N-dealkylation sites (N-methyl/N-ethyl adjacent to an activating group) is 1. The van der Waals surface area contributed by atoms with E-state index in [1.807, 2.05) is 11.9 Å². The van der Waals surface area contributed by atoms with Crippen LogP contribution >= 0.6 is 0 Å². The van der Waals surface area contributed by atoms with Gasteiger partial charge in [0.15, 0.2) is 0 Å². The minimum atomic E-state index is -0.632. The van der Waals surface area contributed by atoms with E-state index in [4.69, 9.17) is 5.73 Å². The van der Waals surface area contributed by atoms with Gasteiger partial charge in [-0.15, -0.1) is 0 Å². The second kappa shape index (κ2) is 6.15. The van der Waals surface area contributed by atoms with Gasteiger partial charge >= 0.3 is 0 Å². The molecule has 1 atom stereocenters. The minimum Gasteiger partial charge on any atom is -0.329 e. The molecule has 0 aliphatic heterocycles. The Bertz CT molecular complexity index is 559. The first kappa shape index (κ1) is 15.3. The number of non-ortho nitro benzene ring substituents is 1. The summed E-state index contributed by atoms with van der Waals surface area (Å²) in [6.07, 6.45) is 2.27. The molecule has 1 fully saturated rings. The van der Waals surface area contributed by atoms with Gasteiger partial charge < -0.3 is 5.73 Å². The Labute approximate surface area is 121 Å². The van der Waals surface area contributed by atoms with Crippen molar-refractivity contribution in [3.05, 3.63) is 44.0 Å². The largest absolute Gasteiger partial charge is 0.329 e. The van der Waals surface area contributed by atoms with Gasteiger partial charge in [0.2, 0.25) is 0 Å². The molecule has 0 spiro atoms. The third-order valence-electron chi connectivity index (χ3n) is 3.87. The average Bonchev–Trinajstić information content (AvgIpc) is 3.24. The molecule has 1 saturated carbocycles. The molecule has 8 heteroatoms. The van der Waals surface area contributed by atoms with Crippen LogP contribution in [-0.2, 0) is 6.54 Å². The summed E-state index contributed by atoms with van der Waals surface area (Å²) in [5.74, 6) is 0.553. The van der Waals surface area contributed by atoms with Gasteiger partial charge in [0.25, 0.3) is 11.4 Å². The molecule has 0 bridgehead atoms. The fourth-order valence-corrected chi connectivity index (χ4v) is 2.57. The lowest BCUT2D eigenvalue weighted by molar-refractivity contribution is -0.394. The molecule has 1 unspecified atom stereocenters. The van der Waals surface area contributed by atoms with Crippen molar-refractivity contribution in [2.75, 3.05) is 13.6 Å². The van der Waals surface area contributed by atoms with Gasteiger partial charge in [-0.1, -0.05) is 0 Å². The molecule has 0 saturated heterocycles. The molecule has 0 heterocycles. The van der Waals surface area contributed by atoms with Gasteiger partial charge in [-0.05, 0) is 31.9 Å². The summed E-state index contributed by atoms with van der Waals surface area (Å²) in [5, 5.41) is 21.8. The van der Waals surface area contributed by atoms with Crippen LogP contribution in [0.25, 0.3) is 0 Å². The fourth-order valence-electron chi connectivity index (χ4n) is 2.57. The maximum atomic E-state index is 11.1. The van der Waals surface area contributed by atoms with E-state index in [2.05, 4.69) is 0 Å². The zero-order chi connectivity index (χ0) is 15.6. The molecule has 1 aromatic rings. The number of benzene rings is 1. The van der Waals surface area contributed by atoms with Gasteiger partial charge in [0.1, 0.15) is 0 Å². The molecule has 8 nitrogen and oxygen atoms in total. The highest BCUT2D eigenvalue weighted by Gasteiger charge is 2.33. The Morgan fingerprint density at radius 1 is 1.33 bits per heavy atom. The molecule has 114 valence electrons. The van der Waals surface area contributed by atoms with Crippen LogP contribution in [0.4, 0.5) is 11.4 Å². The van der Waals surface area contributed by atoms with Gasteiger partial charge in [0.05, 0.1) is 15.9 Å². The Kier molecular flexibility index (Phi) is 4.49. The number of nitro groups is 2. The lowest BCUT2D eigenvalue weighted by atomic mass is 10.1. The molecule has 0 radical (unpaired) electrons. The summed E-state index contributed by atoms with van der Waals surface area (Å²) in [7, 11) is 1.88. The normalized spacial score (nSPS) is 16.0. The van der Waals surface area contributed by atoms with E-state index in [0.29, 0.717) is 24.6 Å². The van der Waals surface area contributed by atoms with Crippen LogP contribution in [-0.4, -0.2) is 34.4 Å². The highest BCUT2D eigenvalue weighted by Crippen LogP contribution is 2.35. The number of hydrogen-bond donors (Lipinski definition) is 1. The summed E-state index contributed by atoms with van der Waals surface area (Å²) in [4.78, 5) is 22.6. The van der Waals surface area contributed by atoms with Crippen molar-refractivity contribution in [2.45, 2.75) is 25.4 Å². The monoisotopic (exact) mass is 294 g/mol. The smallest absolute Gasteiger partial charge is 0.280 e. The maximum Gasteiger partial charge on any atom is 0.280 e. The van der Waals surface area contributed by atoms with Gasteiger partial charge in [-0.3, -0.25) is 25.1 Å². The summed E-state index contributed by atoms with van der Waals surface area (Å²) >= 11 is 0. The summed E-state index contributed by atoms with van der Waals surface area (Å²) in [6, 6.07) is 3.95. The standard InChI is InChI=1S/C13H18N4O4/c1-15(13(7-14)9-2-3-9)8-10-4-5-11(16(18)19)6-12(10)17(20)21/h4-6,9,13H,2-3,7-8,14H2,1H3. The van der Waals surface area contributed by atoms with Crippen molar-refractivity contribution in [2.24, 2.45) is 11.7 Å². The predicted octanol–water partition coefficient (Wildman–Crippen LogP) is 1.67. The van der Waals surface area contributed by atoms with Crippen LogP contribution in [0, 0.1) is 26.1 Å². The molecular formula is C13H18N4O4. The first-order valence-corrected chi connectivity index (χ1v) is 6.76. The lowest BCUT2D eigenvalue weighted by Gasteiger charge is -2.26. The van der Waals surface area contributed by atoms with Crippen molar-refractivity contribution in [1.82, 2.24) is 4.90 Å². The predicted molar refractivity (Wildman–Crippen MR) is 76.8 cm³/mol. The Balaban J connectivity index is 2.22. The van der Waals surface area contributed by atoms with E-state index in [0.717, 1.165) is 18.9 Å². The molecule has 21 heavy (non-hydrogen) atoms. The highest BCUT2D eigenvalue weighted by molar-refractivity contribution is 5.49. The van der Waals surface area contributed by atoms with Crippen molar-refractivity contribution in [3.63, 3.8) is 0 Å². The maximum absolute atomic E-state index is 11.1. The summed E-state index contributed by atoms with van der Waals surface area (Å²) < 4.78 is 0. The second-order valence-corrected chi connectivity index (χ2v) is 5.38. The molecule has 1 aliphatic carbocycles.